The summed E-state index contributed by atoms with van der Waals surface area (Å²) >= 11 is 0. The number of nitrogens with one attached hydrogen (secondary N) is 1. The summed E-state index contributed by atoms with van der Waals surface area (Å²) in [5.41, 5.74) is 2.62. The first-order valence-corrected chi connectivity index (χ1v) is 8.82. The number of hydrogen-bond donors (Lipinski definition) is 1. The summed E-state index contributed by atoms with van der Waals surface area (Å²) in [4.78, 5) is 26.2. The van der Waals surface area contributed by atoms with Gasteiger partial charge in [-0.2, -0.15) is 0 Å². The molecule has 1 heterocycles. The van der Waals surface area contributed by atoms with E-state index in [2.05, 4.69) is 23.5 Å². The molecule has 1 aliphatic rings. The Morgan fingerprint density at radius 2 is 2.08 bits per heavy atom. The molecule has 0 saturated heterocycles. The molecule has 2 aromatic rings. The smallest absolute Gasteiger partial charge is 0.286 e. The summed E-state index contributed by atoms with van der Waals surface area (Å²) in [5, 5.41) is 2.77. The predicted molar refractivity (Wildman–Crippen MR) is 95.2 cm³/mol. The van der Waals surface area contributed by atoms with Gasteiger partial charge in [0.2, 0.25) is 5.91 Å². The Morgan fingerprint density at radius 1 is 1.24 bits per heavy atom. The summed E-state index contributed by atoms with van der Waals surface area (Å²) in [7, 11) is 1.89. The predicted octanol–water partition coefficient (Wildman–Crippen LogP) is 3.33. The zero-order chi connectivity index (χ0) is 17.6. The van der Waals surface area contributed by atoms with Gasteiger partial charge in [0.15, 0.2) is 5.76 Å². The van der Waals surface area contributed by atoms with Crippen LogP contribution in [0.3, 0.4) is 0 Å². The van der Waals surface area contributed by atoms with Gasteiger partial charge in [-0.3, -0.25) is 9.59 Å². The van der Waals surface area contributed by atoms with Crippen LogP contribution in [0.15, 0.2) is 47.1 Å². The molecule has 25 heavy (non-hydrogen) atoms. The van der Waals surface area contributed by atoms with E-state index in [1.165, 1.54) is 17.4 Å². The van der Waals surface area contributed by atoms with Crippen molar-refractivity contribution in [2.24, 2.45) is 0 Å². The largest absolute Gasteiger partial charge is 0.459 e. The molecule has 0 fully saturated rings. The van der Waals surface area contributed by atoms with Gasteiger partial charge >= 0.3 is 0 Å². The normalized spacial score (nSPS) is 16.1. The molecular weight excluding hydrogens is 316 g/mol. The standard InChI is InChI=1S/C20H24N2O3/c1-22(17-10-4-8-15-7-2-3-9-16(15)17)19(23)12-5-13-21-20(24)18-11-6-14-25-18/h2-3,6-7,9,11,14,17H,4-5,8,10,12-13H2,1H3,(H,21,24). The molecule has 1 atom stereocenters. The van der Waals surface area contributed by atoms with Crippen molar-refractivity contribution in [2.75, 3.05) is 13.6 Å². The highest BCUT2D eigenvalue weighted by Crippen LogP contribution is 2.33. The average molecular weight is 340 g/mol. The summed E-state index contributed by atoms with van der Waals surface area (Å²) < 4.78 is 5.04. The molecule has 5 nitrogen and oxygen atoms in total. The lowest BCUT2D eigenvalue weighted by Crippen LogP contribution is -2.34. The highest BCUT2D eigenvalue weighted by Gasteiger charge is 2.26. The van der Waals surface area contributed by atoms with Crippen LogP contribution >= 0.6 is 0 Å². The molecule has 3 rings (SSSR count). The van der Waals surface area contributed by atoms with Gasteiger partial charge in [0.1, 0.15) is 0 Å². The van der Waals surface area contributed by atoms with Crippen LogP contribution in [0.4, 0.5) is 0 Å². The van der Waals surface area contributed by atoms with E-state index >= 15 is 0 Å². The molecule has 1 N–H and O–H groups in total. The van der Waals surface area contributed by atoms with Crippen LogP contribution in [0.5, 0.6) is 0 Å². The molecule has 1 aromatic heterocycles. The van der Waals surface area contributed by atoms with E-state index in [-0.39, 0.29) is 17.9 Å². The number of rotatable bonds is 6. The van der Waals surface area contributed by atoms with E-state index in [4.69, 9.17) is 4.42 Å². The molecule has 0 aliphatic heterocycles. The van der Waals surface area contributed by atoms with Crippen molar-refractivity contribution in [1.29, 1.82) is 0 Å². The van der Waals surface area contributed by atoms with Gasteiger partial charge < -0.3 is 14.6 Å². The topological polar surface area (TPSA) is 62.6 Å². The number of aryl methyl sites for hydroxylation is 1. The number of fused-ring (bicyclic) bond motifs is 1. The lowest BCUT2D eigenvalue weighted by atomic mass is 9.87. The van der Waals surface area contributed by atoms with Gasteiger partial charge in [-0.1, -0.05) is 24.3 Å². The van der Waals surface area contributed by atoms with Crippen LogP contribution in [0.2, 0.25) is 0 Å². The van der Waals surface area contributed by atoms with Crippen LogP contribution in [0, 0.1) is 0 Å². The Labute approximate surface area is 148 Å². The fourth-order valence-corrected chi connectivity index (χ4v) is 3.42. The maximum Gasteiger partial charge on any atom is 0.286 e. The van der Waals surface area contributed by atoms with Crippen molar-refractivity contribution >= 4 is 11.8 Å². The maximum atomic E-state index is 12.5. The quantitative estimate of drug-likeness (QED) is 0.821. The Kier molecular flexibility index (Phi) is 5.53. The van der Waals surface area contributed by atoms with Crippen molar-refractivity contribution in [3.8, 4) is 0 Å². The molecule has 2 amide bonds. The van der Waals surface area contributed by atoms with Crippen LogP contribution < -0.4 is 5.32 Å². The summed E-state index contributed by atoms with van der Waals surface area (Å²) in [5.74, 6) is 0.170. The molecule has 1 aromatic carbocycles. The molecule has 0 bridgehead atoms. The van der Waals surface area contributed by atoms with Crippen molar-refractivity contribution in [2.45, 2.75) is 38.1 Å². The first kappa shape index (κ1) is 17.3. The first-order chi connectivity index (χ1) is 12.2. The van der Waals surface area contributed by atoms with E-state index in [9.17, 15) is 9.59 Å². The van der Waals surface area contributed by atoms with Crippen molar-refractivity contribution in [3.63, 3.8) is 0 Å². The van der Waals surface area contributed by atoms with Crippen LogP contribution in [-0.4, -0.2) is 30.3 Å². The van der Waals surface area contributed by atoms with E-state index in [1.807, 2.05) is 18.0 Å². The SMILES string of the molecule is CN(C(=O)CCCNC(=O)c1ccco1)C1CCCc2ccccc21. The monoisotopic (exact) mass is 340 g/mol. The number of furan rings is 1. The van der Waals surface area contributed by atoms with Crippen molar-refractivity contribution < 1.29 is 14.0 Å². The second-order valence-corrected chi connectivity index (χ2v) is 6.45. The highest BCUT2D eigenvalue weighted by molar-refractivity contribution is 5.91. The Balaban J connectivity index is 1.48. The molecular formula is C20H24N2O3. The number of nitrogens with zero attached hydrogens (tertiary/aromatic N) is 1. The molecule has 1 unspecified atom stereocenters. The van der Waals surface area contributed by atoms with E-state index < -0.39 is 0 Å². The lowest BCUT2D eigenvalue weighted by molar-refractivity contribution is -0.132. The Bertz CT molecular complexity index is 724. The third-order valence-electron chi connectivity index (χ3n) is 4.80. The fourth-order valence-electron chi connectivity index (χ4n) is 3.42. The van der Waals surface area contributed by atoms with E-state index in [0.717, 1.165) is 19.3 Å². The van der Waals surface area contributed by atoms with Gasteiger partial charge in [0, 0.05) is 20.0 Å². The fraction of sp³-hybridized carbons (Fsp3) is 0.400. The molecule has 0 spiro atoms. The van der Waals surface area contributed by atoms with Crippen LogP contribution in [-0.2, 0) is 11.2 Å². The highest BCUT2D eigenvalue weighted by atomic mass is 16.3. The second kappa shape index (κ2) is 8.01. The third-order valence-corrected chi connectivity index (χ3v) is 4.80. The molecule has 1 aliphatic carbocycles. The van der Waals surface area contributed by atoms with Crippen molar-refractivity contribution in [1.82, 2.24) is 10.2 Å². The van der Waals surface area contributed by atoms with Crippen LogP contribution in [0.25, 0.3) is 0 Å². The number of benzene rings is 1. The second-order valence-electron chi connectivity index (χ2n) is 6.45. The number of carbonyl (C=O) groups excluding carboxylic acids is 2. The zero-order valence-corrected chi connectivity index (χ0v) is 14.5. The number of hydrogen-bond acceptors (Lipinski definition) is 3. The van der Waals surface area contributed by atoms with E-state index in [1.54, 1.807) is 12.1 Å². The molecule has 132 valence electrons. The maximum absolute atomic E-state index is 12.5. The molecule has 5 heteroatoms. The minimum atomic E-state index is -0.244. The van der Waals surface area contributed by atoms with Gasteiger partial charge in [0.05, 0.1) is 12.3 Å². The van der Waals surface area contributed by atoms with Gasteiger partial charge in [-0.15, -0.1) is 0 Å². The number of carbonyl (C=O) groups is 2. The summed E-state index contributed by atoms with van der Waals surface area (Å²) in [6, 6.07) is 11.8. The van der Waals surface area contributed by atoms with Crippen LogP contribution in [0.1, 0.15) is 53.4 Å². The van der Waals surface area contributed by atoms with Crippen molar-refractivity contribution in [3.05, 3.63) is 59.5 Å². The number of amides is 2. The molecule has 0 saturated carbocycles. The zero-order valence-electron chi connectivity index (χ0n) is 14.5. The Morgan fingerprint density at radius 3 is 2.88 bits per heavy atom. The lowest BCUT2D eigenvalue weighted by Gasteiger charge is -2.33. The first-order valence-electron chi connectivity index (χ1n) is 8.82. The summed E-state index contributed by atoms with van der Waals surface area (Å²) in [6.45, 7) is 0.459. The van der Waals surface area contributed by atoms with Gasteiger partial charge in [-0.05, 0) is 48.9 Å². The van der Waals surface area contributed by atoms with E-state index in [0.29, 0.717) is 25.1 Å². The third kappa shape index (κ3) is 4.10. The minimum absolute atomic E-state index is 0.119. The minimum Gasteiger partial charge on any atom is -0.459 e. The van der Waals surface area contributed by atoms with Gasteiger partial charge in [-0.25, -0.2) is 0 Å². The average Bonchev–Trinajstić information content (AvgIpc) is 3.18. The van der Waals surface area contributed by atoms with Gasteiger partial charge in [0.25, 0.3) is 5.91 Å². The summed E-state index contributed by atoms with van der Waals surface area (Å²) in [6.07, 6.45) is 5.72. The Hall–Kier alpha value is -2.56. The molecule has 0 radical (unpaired) electrons.